The molecule has 0 saturated carbocycles. The molecule has 0 aliphatic rings. The van der Waals surface area contributed by atoms with Crippen LogP contribution in [0.5, 0.6) is 0 Å². The Morgan fingerprint density at radius 1 is 1.67 bits per heavy atom. The van der Waals surface area contributed by atoms with Crippen LogP contribution >= 0.6 is 0 Å². The molecule has 2 N–H and O–H groups in total. The van der Waals surface area contributed by atoms with Gasteiger partial charge in [0, 0.05) is 6.54 Å². The molecule has 0 amide bonds. The van der Waals surface area contributed by atoms with Crippen molar-refractivity contribution in [1.29, 1.82) is 0 Å². The third-order valence-electron chi connectivity index (χ3n) is 1.98. The lowest BCUT2D eigenvalue weighted by Crippen LogP contribution is -2.31. The molecule has 86 valence electrons. The summed E-state index contributed by atoms with van der Waals surface area (Å²) in [4.78, 5) is 0.00537. The van der Waals surface area contributed by atoms with Crippen molar-refractivity contribution in [2.24, 2.45) is 0 Å². The van der Waals surface area contributed by atoms with Gasteiger partial charge < -0.3 is 9.63 Å². The third kappa shape index (κ3) is 3.01. The van der Waals surface area contributed by atoms with Crippen LogP contribution in [0.3, 0.4) is 0 Å². The van der Waals surface area contributed by atoms with E-state index in [1.165, 1.54) is 6.92 Å². The summed E-state index contributed by atoms with van der Waals surface area (Å²) in [6.45, 7) is 3.27. The summed E-state index contributed by atoms with van der Waals surface area (Å²) < 4.78 is 30.2. The molecule has 15 heavy (non-hydrogen) atoms. The van der Waals surface area contributed by atoms with Gasteiger partial charge in [0.1, 0.15) is 4.90 Å². The molecule has 0 bridgehead atoms. The maximum absolute atomic E-state index is 11.6. The van der Waals surface area contributed by atoms with Gasteiger partial charge in [-0.1, -0.05) is 12.1 Å². The van der Waals surface area contributed by atoms with Gasteiger partial charge in [0.05, 0.1) is 12.3 Å². The Kier molecular flexibility index (Phi) is 3.83. The minimum absolute atomic E-state index is 0.00537. The van der Waals surface area contributed by atoms with E-state index in [-0.39, 0.29) is 17.2 Å². The molecule has 1 atom stereocenters. The van der Waals surface area contributed by atoms with Crippen molar-refractivity contribution in [3.8, 4) is 0 Å². The first-order valence-electron chi connectivity index (χ1n) is 4.56. The molecule has 0 spiro atoms. The van der Waals surface area contributed by atoms with Gasteiger partial charge in [0.2, 0.25) is 10.0 Å². The standard InChI is InChI=1S/C8H14N2O4S/c1-3-7(11)4-10-15(12,13)8-5-9-14-6(8)2/h5,7,10-11H,3-4H2,1-2H3. The molecule has 0 aliphatic heterocycles. The van der Waals surface area contributed by atoms with Gasteiger partial charge in [-0.05, 0) is 13.3 Å². The summed E-state index contributed by atoms with van der Waals surface area (Å²) in [5, 5.41) is 12.6. The Bertz CT molecular complexity index is 412. The molecule has 1 rings (SSSR count). The van der Waals surface area contributed by atoms with Crippen LogP contribution in [0.15, 0.2) is 15.6 Å². The van der Waals surface area contributed by atoms with Crippen LogP contribution in [-0.2, 0) is 10.0 Å². The van der Waals surface area contributed by atoms with Crippen LogP contribution in [0.4, 0.5) is 0 Å². The SMILES string of the molecule is CCC(O)CNS(=O)(=O)c1cnoc1C. The fourth-order valence-corrected chi connectivity index (χ4v) is 2.14. The molecule has 0 aliphatic carbocycles. The quantitative estimate of drug-likeness (QED) is 0.750. The number of aromatic nitrogens is 1. The van der Waals surface area contributed by atoms with Crippen LogP contribution in [0.25, 0.3) is 0 Å². The van der Waals surface area contributed by atoms with E-state index in [1.807, 2.05) is 0 Å². The molecule has 6 nitrogen and oxygen atoms in total. The average molecular weight is 234 g/mol. The highest BCUT2D eigenvalue weighted by Crippen LogP contribution is 2.12. The van der Waals surface area contributed by atoms with E-state index in [1.54, 1.807) is 6.92 Å². The Balaban J connectivity index is 2.73. The maximum atomic E-state index is 11.6. The van der Waals surface area contributed by atoms with Crippen LogP contribution in [0, 0.1) is 6.92 Å². The Hall–Kier alpha value is -0.920. The minimum Gasteiger partial charge on any atom is -0.392 e. The van der Waals surface area contributed by atoms with Crippen molar-refractivity contribution >= 4 is 10.0 Å². The molecule has 1 unspecified atom stereocenters. The first-order valence-corrected chi connectivity index (χ1v) is 6.04. The van der Waals surface area contributed by atoms with Crippen LogP contribution < -0.4 is 4.72 Å². The second-order valence-electron chi connectivity index (χ2n) is 3.16. The molecule has 1 aromatic rings. The zero-order valence-corrected chi connectivity index (χ0v) is 9.41. The highest BCUT2D eigenvalue weighted by molar-refractivity contribution is 7.89. The van der Waals surface area contributed by atoms with Gasteiger partial charge in [-0.15, -0.1) is 0 Å². The van der Waals surface area contributed by atoms with E-state index in [2.05, 4.69) is 14.4 Å². The van der Waals surface area contributed by atoms with E-state index in [4.69, 9.17) is 0 Å². The van der Waals surface area contributed by atoms with Gasteiger partial charge >= 0.3 is 0 Å². The van der Waals surface area contributed by atoms with Gasteiger partial charge in [0.25, 0.3) is 0 Å². The number of rotatable bonds is 5. The number of nitrogens with zero attached hydrogens (tertiary/aromatic N) is 1. The number of aryl methyl sites for hydroxylation is 1. The van der Waals surface area contributed by atoms with E-state index < -0.39 is 16.1 Å². The molecule has 0 aromatic carbocycles. The van der Waals surface area contributed by atoms with E-state index in [0.29, 0.717) is 6.42 Å². The summed E-state index contributed by atoms with van der Waals surface area (Å²) in [6, 6.07) is 0. The number of aliphatic hydroxyl groups excluding tert-OH is 1. The first-order chi connectivity index (χ1) is 6.97. The Morgan fingerprint density at radius 2 is 2.33 bits per heavy atom. The smallest absolute Gasteiger partial charge is 0.245 e. The second-order valence-corrected chi connectivity index (χ2v) is 4.90. The lowest BCUT2D eigenvalue weighted by Gasteiger charge is -2.08. The van der Waals surface area contributed by atoms with E-state index in [9.17, 15) is 13.5 Å². The molecular weight excluding hydrogens is 220 g/mol. The number of hydrogen-bond acceptors (Lipinski definition) is 5. The van der Waals surface area contributed by atoms with Crippen molar-refractivity contribution in [3.63, 3.8) is 0 Å². The van der Waals surface area contributed by atoms with Crippen molar-refractivity contribution in [2.75, 3.05) is 6.54 Å². The predicted octanol–water partition coefficient (Wildman–Crippen LogP) is 0.0322. The summed E-state index contributed by atoms with van der Waals surface area (Å²) in [5.41, 5.74) is 0. The molecular formula is C8H14N2O4S. The monoisotopic (exact) mass is 234 g/mol. The molecule has 1 heterocycles. The summed E-state index contributed by atoms with van der Waals surface area (Å²) in [7, 11) is -3.62. The van der Waals surface area contributed by atoms with Crippen LogP contribution in [0.1, 0.15) is 19.1 Å². The predicted molar refractivity (Wildman–Crippen MR) is 52.7 cm³/mol. The van der Waals surface area contributed by atoms with Crippen molar-refractivity contribution in [1.82, 2.24) is 9.88 Å². The number of sulfonamides is 1. The normalized spacial score (nSPS) is 14.1. The zero-order valence-electron chi connectivity index (χ0n) is 8.60. The topological polar surface area (TPSA) is 92.4 Å². The van der Waals surface area contributed by atoms with Crippen molar-refractivity contribution in [3.05, 3.63) is 12.0 Å². The molecule has 1 aromatic heterocycles. The third-order valence-corrected chi connectivity index (χ3v) is 3.49. The fourth-order valence-electron chi connectivity index (χ4n) is 0.976. The first kappa shape index (κ1) is 12.2. The molecule has 0 saturated heterocycles. The van der Waals surface area contributed by atoms with Gasteiger partial charge in [-0.3, -0.25) is 0 Å². The lowest BCUT2D eigenvalue weighted by atomic mass is 10.3. The van der Waals surface area contributed by atoms with Gasteiger partial charge in [-0.25, -0.2) is 13.1 Å². The number of hydrogen-bond donors (Lipinski definition) is 2. The summed E-state index contributed by atoms with van der Waals surface area (Å²) in [5.74, 6) is 0.230. The zero-order chi connectivity index (χ0) is 11.5. The molecule has 0 radical (unpaired) electrons. The van der Waals surface area contributed by atoms with E-state index >= 15 is 0 Å². The largest absolute Gasteiger partial charge is 0.392 e. The molecule has 7 heteroatoms. The summed E-state index contributed by atoms with van der Waals surface area (Å²) in [6.07, 6.45) is 0.946. The lowest BCUT2D eigenvalue weighted by molar-refractivity contribution is 0.174. The highest BCUT2D eigenvalue weighted by atomic mass is 32.2. The van der Waals surface area contributed by atoms with E-state index in [0.717, 1.165) is 6.20 Å². The van der Waals surface area contributed by atoms with Crippen molar-refractivity contribution < 1.29 is 18.0 Å². The van der Waals surface area contributed by atoms with Gasteiger partial charge in [0.15, 0.2) is 5.76 Å². The number of nitrogens with one attached hydrogen (secondary N) is 1. The van der Waals surface area contributed by atoms with Crippen molar-refractivity contribution in [2.45, 2.75) is 31.3 Å². The number of aliphatic hydroxyl groups is 1. The Labute approximate surface area is 88.3 Å². The average Bonchev–Trinajstić information content (AvgIpc) is 2.61. The Morgan fingerprint density at radius 3 is 2.80 bits per heavy atom. The maximum Gasteiger partial charge on any atom is 0.245 e. The fraction of sp³-hybridized carbons (Fsp3) is 0.625. The van der Waals surface area contributed by atoms with Crippen LogP contribution in [-0.4, -0.2) is 31.3 Å². The van der Waals surface area contributed by atoms with Crippen LogP contribution in [0.2, 0.25) is 0 Å². The highest BCUT2D eigenvalue weighted by Gasteiger charge is 2.20. The minimum atomic E-state index is -3.62. The molecule has 0 fully saturated rings. The van der Waals surface area contributed by atoms with Gasteiger partial charge in [-0.2, -0.15) is 0 Å². The summed E-state index contributed by atoms with van der Waals surface area (Å²) >= 11 is 0. The second kappa shape index (κ2) is 4.73.